The molecule has 56 heavy (non-hydrogen) atoms. The van der Waals surface area contributed by atoms with E-state index in [1.165, 1.54) is 49.8 Å². The number of hydrogen-bond donors (Lipinski definition) is 3. The van der Waals surface area contributed by atoms with E-state index < -0.39 is 0 Å². The first kappa shape index (κ1) is 46.2. The average Bonchev–Trinajstić information content (AvgIpc) is 3.17. The van der Waals surface area contributed by atoms with Crippen LogP contribution >= 0.6 is 0 Å². The third-order valence-electron chi connectivity index (χ3n) is 13.4. The summed E-state index contributed by atoms with van der Waals surface area (Å²) in [6.45, 7) is 37.3. The topological polar surface area (TPSA) is 36.1 Å². The normalized spacial score (nSPS) is 24.8. The molecule has 0 aliphatic carbocycles. The summed E-state index contributed by atoms with van der Waals surface area (Å²) < 4.78 is 0. The molecule has 0 bridgehead atoms. The molecule has 3 N–H and O–H groups in total. The lowest BCUT2D eigenvalue weighted by atomic mass is 9.69. The lowest BCUT2D eigenvalue weighted by Crippen LogP contribution is -2.50. The molecule has 3 nitrogen and oxygen atoms in total. The fourth-order valence-corrected chi connectivity index (χ4v) is 9.85. The van der Waals surface area contributed by atoms with Gasteiger partial charge in [-0.05, 0) is 130 Å². The van der Waals surface area contributed by atoms with E-state index in [0.717, 1.165) is 37.4 Å². The zero-order valence-corrected chi connectivity index (χ0v) is 38.6. The molecule has 6 unspecified atom stereocenters. The molecule has 3 aliphatic heterocycles. The Hall–Kier alpha value is -2.46. The Morgan fingerprint density at radius 3 is 1.59 bits per heavy atom. The molecule has 0 radical (unpaired) electrons. The van der Waals surface area contributed by atoms with Crippen molar-refractivity contribution in [1.29, 1.82) is 0 Å². The lowest BCUT2D eigenvalue weighted by Gasteiger charge is -2.44. The van der Waals surface area contributed by atoms with Crippen molar-refractivity contribution in [3.05, 3.63) is 106 Å². The Bertz CT molecular complexity index is 1530. The second-order valence-electron chi connectivity index (χ2n) is 21.1. The van der Waals surface area contributed by atoms with Gasteiger partial charge in [0, 0.05) is 31.7 Å². The Balaban J connectivity index is 0.000000187. The van der Waals surface area contributed by atoms with Gasteiger partial charge in [-0.25, -0.2) is 0 Å². The fourth-order valence-electron chi connectivity index (χ4n) is 9.85. The minimum absolute atomic E-state index is 0.356. The van der Waals surface area contributed by atoms with Gasteiger partial charge in [0.15, 0.2) is 0 Å². The molecule has 3 aromatic rings. The van der Waals surface area contributed by atoms with E-state index in [9.17, 15) is 0 Å². The maximum Gasteiger partial charge on any atom is 0.0119 e. The molecule has 0 spiro atoms. The van der Waals surface area contributed by atoms with Gasteiger partial charge in [-0.3, -0.25) is 0 Å². The Morgan fingerprint density at radius 1 is 0.536 bits per heavy atom. The predicted octanol–water partition coefficient (Wildman–Crippen LogP) is 13.5. The van der Waals surface area contributed by atoms with Crippen LogP contribution in [0.15, 0.2) is 72.8 Å². The SMILES string of the molecule is CC(C)C1CC(C(C)(C)C)NCC1c1ccccc1.CC(C)c1cccc(C(C)C)c1C1CCCNC1.CC(C)c1ccccc1C1CCC(C(C)(C)C)NC1. The van der Waals surface area contributed by atoms with E-state index in [4.69, 9.17) is 0 Å². The van der Waals surface area contributed by atoms with Crippen LogP contribution in [0, 0.1) is 22.7 Å². The summed E-state index contributed by atoms with van der Waals surface area (Å²) in [4.78, 5) is 0. The third-order valence-corrected chi connectivity index (χ3v) is 13.4. The molecule has 3 heterocycles. The first-order valence-corrected chi connectivity index (χ1v) is 22.8. The second-order valence-corrected chi connectivity index (χ2v) is 21.1. The summed E-state index contributed by atoms with van der Waals surface area (Å²) in [5.41, 5.74) is 10.1. The van der Waals surface area contributed by atoms with Crippen molar-refractivity contribution >= 4 is 0 Å². The molecular weight excluding hydrogens is 679 g/mol. The number of benzene rings is 3. The standard InChI is InChI=1S/2C18H29N.C17H27N/c1-13(2)15-8-6-7-9-16(15)14-10-11-17(19-12-14)18(3,4)5;1-13(2)15-11-17(18(3,4)5)19-12-16(15)14-9-7-6-8-10-14;1-12(2)15-8-5-9-16(13(3)4)17(15)14-7-6-10-18-11-14/h6-9,13-14,17,19H,10-12H2,1-5H3;6-10,13,15-17,19H,11-12H2,1-5H3;5,8-9,12-14,18H,6-7,10-11H2,1-4H3. The fraction of sp³-hybridized carbons (Fsp3) is 0.660. The van der Waals surface area contributed by atoms with Gasteiger partial charge in [0.25, 0.3) is 0 Å². The van der Waals surface area contributed by atoms with E-state index in [2.05, 4.69) is 186 Å². The molecule has 3 heteroatoms. The molecule has 0 saturated carbocycles. The van der Waals surface area contributed by atoms with Crippen LogP contribution in [-0.2, 0) is 0 Å². The molecule has 3 saturated heterocycles. The second kappa shape index (κ2) is 21.0. The van der Waals surface area contributed by atoms with Crippen molar-refractivity contribution in [2.45, 2.75) is 177 Å². The van der Waals surface area contributed by atoms with Gasteiger partial charge in [0.2, 0.25) is 0 Å². The average molecular weight is 764 g/mol. The van der Waals surface area contributed by atoms with Gasteiger partial charge in [-0.15, -0.1) is 0 Å². The van der Waals surface area contributed by atoms with Crippen LogP contribution in [0.2, 0.25) is 0 Å². The highest BCUT2D eigenvalue weighted by atomic mass is 15.0. The van der Waals surface area contributed by atoms with Crippen LogP contribution < -0.4 is 16.0 Å². The van der Waals surface area contributed by atoms with Crippen LogP contribution in [0.5, 0.6) is 0 Å². The van der Waals surface area contributed by atoms with Gasteiger partial charge in [0.05, 0.1) is 0 Å². The maximum absolute atomic E-state index is 3.79. The summed E-state index contributed by atoms with van der Waals surface area (Å²) in [5, 5.41) is 11.1. The zero-order chi connectivity index (χ0) is 41.2. The molecule has 0 amide bonds. The Kier molecular flexibility index (Phi) is 17.3. The first-order valence-electron chi connectivity index (χ1n) is 22.8. The Morgan fingerprint density at radius 2 is 1.09 bits per heavy atom. The van der Waals surface area contributed by atoms with Gasteiger partial charge < -0.3 is 16.0 Å². The highest BCUT2D eigenvalue weighted by Crippen LogP contribution is 2.41. The van der Waals surface area contributed by atoms with E-state index in [1.807, 2.05) is 0 Å². The van der Waals surface area contributed by atoms with Crippen molar-refractivity contribution in [2.24, 2.45) is 22.7 Å². The summed E-state index contributed by atoms with van der Waals surface area (Å²) in [7, 11) is 0. The molecule has 0 aromatic heterocycles. The molecule has 6 atom stereocenters. The molecule has 3 aromatic carbocycles. The van der Waals surface area contributed by atoms with Gasteiger partial charge in [-0.2, -0.15) is 0 Å². The van der Waals surface area contributed by atoms with E-state index in [0.29, 0.717) is 52.5 Å². The van der Waals surface area contributed by atoms with Crippen molar-refractivity contribution in [2.75, 3.05) is 26.2 Å². The minimum Gasteiger partial charge on any atom is -0.316 e. The van der Waals surface area contributed by atoms with Crippen LogP contribution in [0.4, 0.5) is 0 Å². The smallest absolute Gasteiger partial charge is 0.0119 e. The zero-order valence-electron chi connectivity index (χ0n) is 38.6. The Labute approximate surface area is 346 Å². The highest BCUT2D eigenvalue weighted by molar-refractivity contribution is 5.42. The summed E-state index contributed by atoms with van der Waals surface area (Å²) >= 11 is 0. The molecule has 3 aliphatic rings. The number of piperidine rings is 3. The van der Waals surface area contributed by atoms with Crippen LogP contribution in [0.1, 0.15) is 198 Å². The monoisotopic (exact) mass is 764 g/mol. The molecule has 3 fully saturated rings. The quantitative estimate of drug-likeness (QED) is 0.224. The summed E-state index contributed by atoms with van der Waals surface area (Å²) in [5.74, 6) is 5.48. The lowest BCUT2D eigenvalue weighted by molar-refractivity contribution is 0.139. The van der Waals surface area contributed by atoms with E-state index >= 15 is 0 Å². The van der Waals surface area contributed by atoms with E-state index in [1.54, 1.807) is 22.3 Å². The first-order chi connectivity index (χ1) is 26.4. The highest BCUT2D eigenvalue weighted by Gasteiger charge is 2.37. The minimum atomic E-state index is 0.356. The molecule has 312 valence electrons. The summed E-state index contributed by atoms with van der Waals surface area (Å²) in [6.07, 6.45) is 6.56. The predicted molar refractivity (Wildman–Crippen MR) is 247 cm³/mol. The van der Waals surface area contributed by atoms with Crippen LogP contribution in [0.25, 0.3) is 0 Å². The number of hydrogen-bond acceptors (Lipinski definition) is 3. The number of nitrogens with one attached hydrogen (secondary N) is 3. The molecule has 6 rings (SSSR count). The third kappa shape index (κ3) is 12.8. The van der Waals surface area contributed by atoms with Crippen molar-refractivity contribution in [1.82, 2.24) is 16.0 Å². The summed E-state index contributed by atoms with van der Waals surface area (Å²) in [6, 6.07) is 28.2. The van der Waals surface area contributed by atoms with Gasteiger partial charge >= 0.3 is 0 Å². The van der Waals surface area contributed by atoms with Crippen molar-refractivity contribution < 1.29 is 0 Å². The van der Waals surface area contributed by atoms with Crippen LogP contribution in [0.3, 0.4) is 0 Å². The number of rotatable bonds is 7. The maximum atomic E-state index is 3.79. The largest absolute Gasteiger partial charge is 0.316 e. The van der Waals surface area contributed by atoms with Gasteiger partial charge in [-0.1, -0.05) is 170 Å². The van der Waals surface area contributed by atoms with Crippen molar-refractivity contribution in [3.63, 3.8) is 0 Å². The molecular formula is C53H85N3. The van der Waals surface area contributed by atoms with Crippen molar-refractivity contribution in [3.8, 4) is 0 Å². The van der Waals surface area contributed by atoms with Crippen LogP contribution in [-0.4, -0.2) is 38.3 Å². The van der Waals surface area contributed by atoms with Gasteiger partial charge in [0.1, 0.15) is 0 Å². The van der Waals surface area contributed by atoms with E-state index in [-0.39, 0.29) is 0 Å².